The molecule has 2 heterocycles. The van der Waals surface area contributed by atoms with Gasteiger partial charge in [0.15, 0.2) is 0 Å². The third-order valence-corrected chi connectivity index (χ3v) is 4.78. The summed E-state index contributed by atoms with van der Waals surface area (Å²) in [6.45, 7) is 8.47. The van der Waals surface area contributed by atoms with Crippen LogP contribution in [0.15, 0.2) is 24.3 Å². The Balaban J connectivity index is 1.56. The van der Waals surface area contributed by atoms with Crippen LogP contribution in [0.5, 0.6) is 0 Å². The Morgan fingerprint density at radius 2 is 1.73 bits per heavy atom. The number of ether oxygens (including phenoxy) is 2. The van der Waals surface area contributed by atoms with Gasteiger partial charge < -0.3 is 19.3 Å². The maximum atomic E-state index is 12.8. The van der Waals surface area contributed by atoms with Crippen LogP contribution in [0.1, 0.15) is 22.8 Å². The van der Waals surface area contributed by atoms with E-state index in [2.05, 4.69) is 11.0 Å². The molecule has 0 atom stereocenters. The molecule has 0 spiro atoms. The van der Waals surface area contributed by atoms with Gasteiger partial charge in [0.1, 0.15) is 0 Å². The second kappa shape index (κ2) is 9.00. The number of carbonyl (C=O) groups is 2. The summed E-state index contributed by atoms with van der Waals surface area (Å²) in [5.74, 6) is 0.0253. The Kier molecular flexibility index (Phi) is 6.46. The zero-order valence-corrected chi connectivity index (χ0v) is 15.4. The van der Waals surface area contributed by atoms with Gasteiger partial charge in [-0.05, 0) is 24.6 Å². The van der Waals surface area contributed by atoms with E-state index < -0.39 is 0 Å². The summed E-state index contributed by atoms with van der Waals surface area (Å²) in [7, 11) is 0. The predicted molar refractivity (Wildman–Crippen MR) is 97.0 cm³/mol. The highest BCUT2D eigenvalue weighted by Gasteiger charge is 2.25. The Morgan fingerprint density at radius 3 is 2.42 bits per heavy atom. The lowest BCUT2D eigenvalue weighted by Crippen LogP contribution is -2.50. The summed E-state index contributed by atoms with van der Waals surface area (Å²) in [5, 5.41) is 0. The molecule has 0 aromatic heterocycles. The minimum atomic E-state index is -0.299. The van der Waals surface area contributed by atoms with Crippen LogP contribution in [0.2, 0.25) is 0 Å². The van der Waals surface area contributed by atoms with Crippen molar-refractivity contribution in [1.82, 2.24) is 14.7 Å². The van der Waals surface area contributed by atoms with Crippen LogP contribution >= 0.6 is 0 Å². The smallest absolute Gasteiger partial charge is 0.409 e. The molecule has 0 bridgehead atoms. The Morgan fingerprint density at radius 1 is 1.04 bits per heavy atom. The van der Waals surface area contributed by atoms with Gasteiger partial charge in [0.25, 0.3) is 5.91 Å². The quantitative estimate of drug-likeness (QED) is 0.812. The fourth-order valence-electron chi connectivity index (χ4n) is 3.31. The molecule has 1 aromatic rings. The zero-order valence-electron chi connectivity index (χ0n) is 15.4. The second-order valence-electron chi connectivity index (χ2n) is 6.57. The van der Waals surface area contributed by atoms with Crippen molar-refractivity contribution in [2.45, 2.75) is 13.5 Å². The molecule has 2 fully saturated rings. The first-order valence-electron chi connectivity index (χ1n) is 9.27. The van der Waals surface area contributed by atoms with E-state index in [1.807, 2.05) is 23.1 Å². The molecular formula is C19H27N3O4. The Bertz CT molecular complexity index is 623. The molecule has 7 heteroatoms. The molecule has 2 aliphatic rings. The minimum absolute atomic E-state index is 0.0253. The van der Waals surface area contributed by atoms with E-state index >= 15 is 0 Å². The number of morpholine rings is 1. The molecule has 2 aliphatic heterocycles. The van der Waals surface area contributed by atoms with Crippen LogP contribution in [-0.4, -0.2) is 85.8 Å². The van der Waals surface area contributed by atoms with E-state index in [0.717, 1.165) is 38.4 Å². The number of hydrogen-bond donors (Lipinski definition) is 0. The van der Waals surface area contributed by atoms with E-state index in [1.54, 1.807) is 11.8 Å². The lowest BCUT2D eigenvalue weighted by Gasteiger charge is -2.34. The molecule has 2 saturated heterocycles. The summed E-state index contributed by atoms with van der Waals surface area (Å²) in [6.07, 6.45) is -0.299. The number of piperazine rings is 1. The fourth-order valence-corrected chi connectivity index (χ4v) is 3.31. The highest BCUT2D eigenvalue weighted by atomic mass is 16.6. The molecule has 7 nitrogen and oxygen atoms in total. The van der Waals surface area contributed by atoms with Gasteiger partial charge in [-0.2, -0.15) is 0 Å². The van der Waals surface area contributed by atoms with Gasteiger partial charge in [-0.1, -0.05) is 12.1 Å². The van der Waals surface area contributed by atoms with Crippen molar-refractivity contribution in [1.29, 1.82) is 0 Å². The largest absolute Gasteiger partial charge is 0.450 e. The summed E-state index contributed by atoms with van der Waals surface area (Å²) in [5.41, 5.74) is 1.85. The van der Waals surface area contributed by atoms with Crippen molar-refractivity contribution in [2.75, 3.05) is 59.1 Å². The third kappa shape index (κ3) is 4.74. The van der Waals surface area contributed by atoms with Gasteiger partial charge in [0.05, 0.1) is 19.8 Å². The third-order valence-electron chi connectivity index (χ3n) is 4.78. The molecule has 0 saturated carbocycles. The Labute approximate surface area is 154 Å². The standard InChI is InChI=1S/C19H27N3O4/c1-2-26-19(24)22-8-6-21(7-9-22)18(23)17-5-3-4-16(14-17)15-20-10-12-25-13-11-20/h3-5,14H,2,6-13,15H2,1H3. The molecule has 1 aromatic carbocycles. The molecule has 0 aliphatic carbocycles. The first kappa shape index (κ1) is 18.7. The Hall–Kier alpha value is -2.12. The van der Waals surface area contributed by atoms with E-state index in [4.69, 9.17) is 9.47 Å². The van der Waals surface area contributed by atoms with Gasteiger partial charge in [-0.3, -0.25) is 9.69 Å². The number of nitrogens with zero attached hydrogens (tertiary/aromatic N) is 3. The average molecular weight is 361 g/mol. The van der Waals surface area contributed by atoms with Gasteiger partial charge in [-0.15, -0.1) is 0 Å². The summed E-state index contributed by atoms with van der Waals surface area (Å²) < 4.78 is 10.4. The molecule has 0 radical (unpaired) electrons. The minimum Gasteiger partial charge on any atom is -0.450 e. The number of rotatable bonds is 4. The van der Waals surface area contributed by atoms with E-state index in [9.17, 15) is 9.59 Å². The number of amides is 2. The highest BCUT2D eigenvalue weighted by Crippen LogP contribution is 2.14. The van der Waals surface area contributed by atoms with Crippen LogP contribution < -0.4 is 0 Å². The van der Waals surface area contributed by atoms with Crippen molar-refractivity contribution in [3.8, 4) is 0 Å². The number of carbonyl (C=O) groups excluding carboxylic acids is 2. The topological polar surface area (TPSA) is 62.3 Å². The summed E-state index contributed by atoms with van der Waals surface area (Å²) in [4.78, 5) is 30.4. The molecule has 26 heavy (non-hydrogen) atoms. The predicted octanol–water partition coefficient (Wildman–Crippen LogP) is 1.43. The SMILES string of the molecule is CCOC(=O)N1CCN(C(=O)c2cccc(CN3CCOCC3)c2)CC1. The maximum Gasteiger partial charge on any atom is 0.409 e. The second-order valence-corrected chi connectivity index (χ2v) is 6.57. The lowest BCUT2D eigenvalue weighted by molar-refractivity contribution is 0.0341. The maximum absolute atomic E-state index is 12.8. The summed E-state index contributed by atoms with van der Waals surface area (Å²) >= 11 is 0. The van der Waals surface area contributed by atoms with Crippen LogP contribution in [0.3, 0.4) is 0 Å². The van der Waals surface area contributed by atoms with E-state index in [1.165, 1.54) is 0 Å². The van der Waals surface area contributed by atoms with Crippen molar-refractivity contribution in [3.05, 3.63) is 35.4 Å². The zero-order chi connectivity index (χ0) is 18.4. The van der Waals surface area contributed by atoms with Crippen LogP contribution in [0.25, 0.3) is 0 Å². The fraction of sp³-hybridized carbons (Fsp3) is 0.579. The normalized spacial score (nSPS) is 18.7. The van der Waals surface area contributed by atoms with Crippen molar-refractivity contribution < 1.29 is 19.1 Å². The number of benzene rings is 1. The van der Waals surface area contributed by atoms with Crippen LogP contribution in [-0.2, 0) is 16.0 Å². The van der Waals surface area contributed by atoms with E-state index in [-0.39, 0.29) is 12.0 Å². The van der Waals surface area contributed by atoms with Crippen molar-refractivity contribution in [2.24, 2.45) is 0 Å². The first-order valence-corrected chi connectivity index (χ1v) is 9.27. The molecule has 142 valence electrons. The van der Waals surface area contributed by atoms with Gasteiger partial charge in [0, 0.05) is 51.4 Å². The van der Waals surface area contributed by atoms with Crippen molar-refractivity contribution >= 4 is 12.0 Å². The average Bonchev–Trinajstić information content (AvgIpc) is 2.69. The molecule has 0 N–H and O–H groups in total. The molecule has 2 amide bonds. The number of hydrogen-bond acceptors (Lipinski definition) is 5. The molecule has 0 unspecified atom stereocenters. The van der Waals surface area contributed by atoms with Crippen molar-refractivity contribution in [3.63, 3.8) is 0 Å². The van der Waals surface area contributed by atoms with Crippen LogP contribution in [0, 0.1) is 0 Å². The monoisotopic (exact) mass is 361 g/mol. The van der Waals surface area contributed by atoms with Gasteiger partial charge >= 0.3 is 6.09 Å². The lowest BCUT2D eigenvalue weighted by atomic mass is 10.1. The summed E-state index contributed by atoms with van der Waals surface area (Å²) in [6, 6.07) is 7.85. The van der Waals surface area contributed by atoms with Gasteiger partial charge in [-0.25, -0.2) is 4.79 Å². The first-order chi connectivity index (χ1) is 12.7. The highest BCUT2D eigenvalue weighted by molar-refractivity contribution is 5.94. The molecular weight excluding hydrogens is 334 g/mol. The van der Waals surface area contributed by atoms with Gasteiger partial charge in [0.2, 0.25) is 0 Å². The van der Waals surface area contributed by atoms with E-state index in [0.29, 0.717) is 38.3 Å². The molecule has 3 rings (SSSR count). The van der Waals surface area contributed by atoms with Crippen LogP contribution in [0.4, 0.5) is 4.79 Å².